The number of fused-ring (bicyclic) bond motifs is 1. The number of aromatic hydroxyl groups is 1. The Kier molecular flexibility index (Phi) is 3.43. The molecule has 0 unspecified atom stereocenters. The van der Waals surface area contributed by atoms with Gasteiger partial charge in [-0.05, 0) is 34.8 Å². The molecule has 0 heterocycles. The summed E-state index contributed by atoms with van der Waals surface area (Å²) in [7, 11) is 3.18. The van der Waals surface area contributed by atoms with Crippen molar-refractivity contribution in [2.75, 3.05) is 14.2 Å². The Hall–Kier alpha value is -1.38. The molecule has 20 heavy (non-hydrogen) atoms. The monoisotopic (exact) mass is 278 g/mol. The van der Waals surface area contributed by atoms with Gasteiger partial charge in [0.15, 0.2) is 11.5 Å². The fourth-order valence-corrected chi connectivity index (χ4v) is 3.79. The summed E-state index contributed by atoms with van der Waals surface area (Å²) in [6, 6.07) is 1.98. The average molecular weight is 278 g/mol. The van der Waals surface area contributed by atoms with Crippen molar-refractivity contribution in [1.82, 2.24) is 0 Å². The second-order valence-electron chi connectivity index (χ2n) is 6.73. The van der Waals surface area contributed by atoms with Crippen molar-refractivity contribution >= 4 is 0 Å². The minimum absolute atomic E-state index is 0.0713. The molecule has 0 saturated carbocycles. The van der Waals surface area contributed by atoms with Crippen molar-refractivity contribution in [1.29, 1.82) is 0 Å². The Balaban J connectivity index is 2.84. The molecule has 0 aliphatic heterocycles. The summed E-state index contributed by atoms with van der Waals surface area (Å²) >= 11 is 0. The van der Waals surface area contributed by atoms with Crippen LogP contribution >= 0.6 is 0 Å². The van der Waals surface area contributed by atoms with E-state index in [0.29, 0.717) is 17.4 Å². The Bertz CT molecular complexity index is 530. The Morgan fingerprint density at radius 1 is 1.15 bits per heavy atom. The third kappa shape index (κ3) is 1.65. The number of methoxy groups -OCH3 is 2. The minimum Gasteiger partial charge on any atom is -0.502 e. The predicted molar refractivity (Wildman–Crippen MR) is 81.0 cm³/mol. The van der Waals surface area contributed by atoms with Crippen molar-refractivity contribution in [2.24, 2.45) is 5.41 Å². The van der Waals surface area contributed by atoms with E-state index in [4.69, 9.17) is 9.47 Å². The van der Waals surface area contributed by atoms with Gasteiger partial charge in [0.1, 0.15) is 0 Å². The number of rotatable bonds is 3. The van der Waals surface area contributed by atoms with E-state index in [0.717, 1.165) is 12.0 Å². The van der Waals surface area contributed by atoms with Crippen LogP contribution < -0.4 is 9.47 Å². The molecule has 0 saturated heterocycles. The van der Waals surface area contributed by atoms with Gasteiger partial charge in [-0.15, -0.1) is 0 Å². The highest BCUT2D eigenvalue weighted by molar-refractivity contribution is 5.64. The van der Waals surface area contributed by atoms with Crippen LogP contribution in [0.5, 0.6) is 17.2 Å². The molecule has 3 nitrogen and oxygen atoms in total. The molecule has 0 amide bonds. The lowest BCUT2D eigenvalue weighted by molar-refractivity contribution is 0.175. The van der Waals surface area contributed by atoms with Gasteiger partial charge < -0.3 is 14.6 Å². The largest absolute Gasteiger partial charge is 0.502 e. The standard InChI is InChI=1S/C17H26O3/c1-8-11-10-9-12(19-6)14(18)15(20-7)13(10)17(4,5)16(11,2)3/h9,11,18H,8H2,1-7H3/t11-/m0/s1. The van der Waals surface area contributed by atoms with Crippen LogP contribution in [0.4, 0.5) is 0 Å². The maximum absolute atomic E-state index is 10.4. The quantitative estimate of drug-likeness (QED) is 0.899. The zero-order chi connectivity index (χ0) is 15.3. The van der Waals surface area contributed by atoms with E-state index >= 15 is 0 Å². The molecule has 2 rings (SSSR count). The number of phenolic OH excluding ortho intramolecular Hbond substituents is 1. The zero-order valence-electron chi connectivity index (χ0n) is 13.6. The normalized spacial score (nSPS) is 22.4. The van der Waals surface area contributed by atoms with Gasteiger partial charge in [0.05, 0.1) is 14.2 Å². The zero-order valence-corrected chi connectivity index (χ0v) is 13.6. The van der Waals surface area contributed by atoms with Crippen molar-refractivity contribution in [3.05, 3.63) is 17.2 Å². The van der Waals surface area contributed by atoms with E-state index in [2.05, 4.69) is 34.6 Å². The molecule has 0 fully saturated rings. The van der Waals surface area contributed by atoms with Crippen LogP contribution in [-0.2, 0) is 5.41 Å². The first-order valence-corrected chi connectivity index (χ1v) is 7.22. The Morgan fingerprint density at radius 3 is 2.20 bits per heavy atom. The lowest BCUT2D eigenvalue weighted by Gasteiger charge is -2.39. The first kappa shape index (κ1) is 15.0. The second kappa shape index (κ2) is 4.57. The van der Waals surface area contributed by atoms with Crippen molar-refractivity contribution in [3.8, 4) is 17.2 Å². The summed E-state index contributed by atoms with van der Waals surface area (Å²) < 4.78 is 10.8. The van der Waals surface area contributed by atoms with Gasteiger partial charge in [-0.3, -0.25) is 0 Å². The van der Waals surface area contributed by atoms with Gasteiger partial charge in [0, 0.05) is 5.56 Å². The van der Waals surface area contributed by atoms with E-state index in [1.165, 1.54) is 5.56 Å². The molecular weight excluding hydrogens is 252 g/mol. The highest BCUT2D eigenvalue weighted by atomic mass is 16.5. The van der Waals surface area contributed by atoms with Gasteiger partial charge in [-0.1, -0.05) is 34.6 Å². The molecule has 3 heteroatoms. The summed E-state index contributed by atoms with van der Waals surface area (Å²) in [6.45, 7) is 11.3. The molecular formula is C17H26O3. The smallest absolute Gasteiger partial charge is 0.201 e. The highest BCUT2D eigenvalue weighted by Crippen LogP contribution is 2.64. The number of hydrogen-bond acceptors (Lipinski definition) is 3. The summed E-state index contributed by atoms with van der Waals surface area (Å²) in [5.41, 5.74) is 2.39. The van der Waals surface area contributed by atoms with Crippen LogP contribution in [-0.4, -0.2) is 19.3 Å². The van der Waals surface area contributed by atoms with E-state index in [-0.39, 0.29) is 16.6 Å². The highest BCUT2D eigenvalue weighted by Gasteiger charge is 2.53. The number of benzene rings is 1. The molecule has 0 radical (unpaired) electrons. The Labute approximate surface area is 121 Å². The molecule has 112 valence electrons. The molecule has 1 atom stereocenters. The van der Waals surface area contributed by atoms with Crippen LogP contribution in [0.1, 0.15) is 58.1 Å². The number of ether oxygens (including phenoxy) is 2. The summed E-state index contributed by atoms with van der Waals surface area (Å²) in [6.07, 6.45) is 1.06. The van der Waals surface area contributed by atoms with Gasteiger partial charge >= 0.3 is 0 Å². The van der Waals surface area contributed by atoms with Gasteiger partial charge in [0.25, 0.3) is 0 Å². The maximum Gasteiger partial charge on any atom is 0.201 e. The van der Waals surface area contributed by atoms with Gasteiger partial charge in [0.2, 0.25) is 5.75 Å². The van der Waals surface area contributed by atoms with E-state index in [1.54, 1.807) is 14.2 Å². The fraction of sp³-hybridized carbons (Fsp3) is 0.647. The van der Waals surface area contributed by atoms with E-state index in [1.807, 2.05) is 6.07 Å². The topological polar surface area (TPSA) is 38.7 Å². The van der Waals surface area contributed by atoms with Crippen LogP contribution in [0.3, 0.4) is 0 Å². The summed E-state index contributed by atoms with van der Waals surface area (Å²) in [5, 5.41) is 10.4. The lowest BCUT2D eigenvalue weighted by atomic mass is 9.64. The molecule has 1 aliphatic rings. The molecule has 0 spiro atoms. The van der Waals surface area contributed by atoms with Crippen LogP contribution in [0.2, 0.25) is 0 Å². The molecule has 1 aromatic carbocycles. The SMILES string of the molecule is CC[C@H]1c2cc(OC)c(O)c(OC)c2C(C)(C)C1(C)C. The lowest BCUT2D eigenvalue weighted by Crippen LogP contribution is -2.34. The van der Waals surface area contributed by atoms with Crippen molar-refractivity contribution in [3.63, 3.8) is 0 Å². The predicted octanol–water partition coefficient (Wildman–Crippen LogP) is 4.22. The van der Waals surface area contributed by atoms with E-state index < -0.39 is 0 Å². The third-order valence-electron chi connectivity index (χ3n) is 5.57. The second-order valence-corrected chi connectivity index (χ2v) is 6.73. The molecule has 0 aromatic heterocycles. The van der Waals surface area contributed by atoms with Crippen LogP contribution in [0, 0.1) is 5.41 Å². The molecule has 1 aromatic rings. The first-order valence-electron chi connectivity index (χ1n) is 7.22. The summed E-state index contributed by atoms with van der Waals surface area (Å²) in [4.78, 5) is 0. The Morgan fingerprint density at radius 2 is 1.75 bits per heavy atom. The van der Waals surface area contributed by atoms with Crippen molar-refractivity contribution < 1.29 is 14.6 Å². The third-order valence-corrected chi connectivity index (χ3v) is 5.57. The van der Waals surface area contributed by atoms with Gasteiger partial charge in [-0.25, -0.2) is 0 Å². The number of hydrogen-bond donors (Lipinski definition) is 1. The minimum atomic E-state index is -0.0713. The first-order chi connectivity index (χ1) is 9.23. The van der Waals surface area contributed by atoms with Crippen LogP contribution in [0.25, 0.3) is 0 Å². The van der Waals surface area contributed by atoms with Gasteiger partial charge in [-0.2, -0.15) is 0 Å². The molecule has 0 bridgehead atoms. The fourth-order valence-electron chi connectivity index (χ4n) is 3.79. The summed E-state index contributed by atoms with van der Waals surface area (Å²) in [5.74, 6) is 1.59. The van der Waals surface area contributed by atoms with Crippen molar-refractivity contribution in [2.45, 2.75) is 52.4 Å². The molecule has 1 aliphatic carbocycles. The average Bonchev–Trinajstić information content (AvgIpc) is 2.53. The number of phenols is 1. The van der Waals surface area contributed by atoms with E-state index in [9.17, 15) is 5.11 Å². The van der Waals surface area contributed by atoms with Crippen LogP contribution in [0.15, 0.2) is 6.07 Å². The molecule has 1 N–H and O–H groups in total. The maximum atomic E-state index is 10.4.